The fourth-order valence-electron chi connectivity index (χ4n) is 1.96. The Morgan fingerprint density at radius 2 is 2.44 bits per heavy atom. The van der Waals surface area contributed by atoms with Crippen molar-refractivity contribution in [2.45, 2.75) is 26.3 Å². The predicted octanol–water partition coefficient (Wildman–Crippen LogP) is 1.63. The Balaban J connectivity index is 2.19. The normalized spacial score (nSPS) is 21.2. The van der Waals surface area contributed by atoms with E-state index in [1.165, 1.54) is 0 Å². The number of hydrogen-bond donors (Lipinski definition) is 1. The van der Waals surface area contributed by atoms with Crippen molar-refractivity contribution in [3.8, 4) is 0 Å². The first-order valence-corrected chi connectivity index (χ1v) is 6.06. The molecule has 1 aromatic rings. The lowest BCUT2D eigenvalue weighted by Crippen LogP contribution is -2.50. The van der Waals surface area contributed by atoms with Crippen molar-refractivity contribution < 1.29 is 0 Å². The van der Waals surface area contributed by atoms with Crippen LogP contribution < -0.4 is 10.2 Å². The first-order valence-electron chi connectivity index (χ1n) is 5.68. The van der Waals surface area contributed by atoms with Crippen molar-refractivity contribution in [2.75, 3.05) is 24.5 Å². The number of nitrogens with one attached hydrogen (secondary N) is 1. The van der Waals surface area contributed by atoms with Gasteiger partial charge in [0.15, 0.2) is 5.82 Å². The molecule has 1 atom stereocenters. The highest BCUT2D eigenvalue weighted by Gasteiger charge is 2.20. The first kappa shape index (κ1) is 11.6. The number of piperazine rings is 1. The summed E-state index contributed by atoms with van der Waals surface area (Å²) in [7, 11) is 0. The van der Waals surface area contributed by atoms with Gasteiger partial charge in [0.2, 0.25) is 0 Å². The molecule has 1 saturated heterocycles. The third-order valence-corrected chi connectivity index (χ3v) is 3.16. The zero-order chi connectivity index (χ0) is 11.5. The molecule has 0 aliphatic carbocycles. The first-order chi connectivity index (χ1) is 7.70. The second-order valence-corrected chi connectivity index (χ2v) is 4.50. The van der Waals surface area contributed by atoms with E-state index in [-0.39, 0.29) is 0 Å². The smallest absolute Gasteiger partial charge is 0.151 e. The average Bonchev–Trinajstić information content (AvgIpc) is 2.32. The SMILES string of the molecule is CCC1CN(c2nc(C)ncc2Cl)CCN1. The lowest BCUT2D eigenvalue weighted by atomic mass is 10.1. The third-order valence-electron chi connectivity index (χ3n) is 2.89. The van der Waals surface area contributed by atoms with Crippen molar-refractivity contribution >= 4 is 17.4 Å². The molecular formula is C11H17ClN4. The lowest BCUT2D eigenvalue weighted by Gasteiger charge is -2.34. The van der Waals surface area contributed by atoms with Crippen LogP contribution in [0.3, 0.4) is 0 Å². The Bertz CT molecular complexity index is 369. The topological polar surface area (TPSA) is 41.1 Å². The number of aryl methyl sites for hydroxylation is 1. The molecule has 1 N–H and O–H groups in total. The Hall–Kier alpha value is -0.870. The van der Waals surface area contributed by atoms with Gasteiger partial charge in [0.05, 0.1) is 6.20 Å². The molecule has 2 heterocycles. The molecule has 0 spiro atoms. The molecule has 16 heavy (non-hydrogen) atoms. The van der Waals surface area contributed by atoms with E-state index in [9.17, 15) is 0 Å². The van der Waals surface area contributed by atoms with Crippen molar-refractivity contribution in [2.24, 2.45) is 0 Å². The molecule has 0 saturated carbocycles. The van der Waals surface area contributed by atoms with Crippen LogP contribution in [0.25, 0.3) is 0 Å². The fraction of sp³-hybridized carbons (Fsp3) is 0.636. The molecule has 1 aromatic heterocycles. The van der Waals surface area contributed by atoms with Gasteiger partial charge in [-0.05, 0) is 13.3 Å². The van der Waals surface area contributed by atoms with Gasteiger partial charge in [-0.2, -0.15) is 0 Å². The quantitative estimate of drug-likeness (QED) is 0.853. The van der Waals surface area contributed by atoms with E-state index in [4.69, 9.17) is 11.6 Å². The van der Waals surface area contributed by atoms with E-state index >= 15 is 0 Å². The van der Waals surface area contributed by atoms with E-state index in [0.29, 0.717) is 11.1 Å². The molecular weight excluding hydrogens is 224 g/mol. The van der Waals surface area contributed by atoms with E-state index in [2.05, 4.69) is 27.1 Å². The zero-order valence-corrected chi connectivity index (χ0v) is 10.5. The van der Waals surface area contributed by atoms with Crippen LogP contribution in [-0.2, 0) is 0 Å². The largest absolute Gasteiger partial charge is 0.352 e. The number of aromatic nitrogens is 2. The Morgan fingerprint density at radius 3 is 3.19 bits per heavy atom. The standard InChI is InChI=1S/C11H17ClN4/c1-3-9-7-16(5-4-13-9)11-10(12)6-14-8(2)15-11/h6,9,13H,3-5,7H2,1-2H3. The van der Waals surface area contributed by atoms with Crippen LogP contribution in [0.1, 0.15) is 19.2 Å². The van der Waals surface area contributed by atoms with Gasteiger partial charge < -0.3 is 10.2 Å². The number of nitrogens with zero attached hydrogens (tertiary/aromatic N) is 3. The van der Waals surface area contributed by atoms with Crippen molar-refractivity contribution in [1.82, 2.24) is 15.3 Å². The van der Waals surface area contributed by atoms with Crippen molar-refractivity contribution in [3.05, 3.63) is 17.0 Å². The summed E-state index contributed by atoms with van der Waals surface area (Å²) in [6.45, 7) is 6.98. The average molecular weight is 241 g/mol. The van der Waals surface area contributed by atoms with Gasteiger partial charge in [-0.15, -0.1) is 0 Å². The molecule has 0 bridgehead atoms. The van der Waals surface area contributed by atoms with Crippen LogP contribution in [-0.4, -0.2) is 35.6 Å². The van der Waals surface area contributed by atoms with Gasteiger partial charge >= 0.3 is 0 Å². The van der Waals surface area contributed by atoms with Gasteiger partial charge in [-0.25, -0.2) is 9.97 Å². The maximum Gasteiger partial charge on any atom is 0.151 e. The number of halogens is 1. The summed E-state index contributed by atoms with van der Waals surface area (Å²) in [5.41, 5.74) is 0. The van der Waals surface area contributed by atoms with Crippen LogP contribution in [0.4, 0.5) is 5.82 Å². The summed E-state index contributed by atoms with van der Waals surface area (Å²) in [6.07, 6.45) is 2.81. The Labute approximate surface area is 101 Å². The maximum absolute atomic E-state index is 6.13. The molecule has 4 nitrogen and oxygen atoms in total. The summed E-state index contributed by atoms with van der Waals surface area (Å²) in [4.78, 5) is 10.7. The zero-order valence-electron chi connectivity index (χ0n) is 9.70. The fourth-order valence-corrected chi connectivity index (χ4v) is 2.17. The van der Waals surface area contributed by atoms with Crippen molar-refractivity contribution in [1.29, 1.82) is 0 Å². The molecule has 0 aromatic carbocycles. The lowest BCUT2D eigenvalue weighted by molar-refractivity contribution is 0.445. The van der Waals surface area contributed by atoms with Crippen LogP contribution in [0, 0.1) is 6.92 Å². The number of rotatable bonds is 2. The van der Waals surface area contributed by atoms with E-state index in [1.807, 2.05) is 6.92 Å². The van der Waals surface area contributed by atoms with E-state index in [1.54, 1.807) is 6.20 Å². The third kappa shape index (κ3) is 2.44. The van der Waals surface area contributed by atoms with Crippen LogP contribution in [0.2, 0.25) is 5.02 Å². The molecule has 88 valence electrons. The molecule has 1 aliphatic heterocycles. The van der Waals surface area contributed by atoms with Crippen LogP contribution in [0.15, 0.2) is 6.20 Å². The molecule has 2 rings (SSSR count). The summed E-state index contributed by atoms with van der Waals surface area (Å²) in [6, 6.07) is 0.528. The highest BCUT2D eigenvalue weighted by Crippen LogP contribution is 2.23. The van der Waals surface area contributed by atoms with Gasteiger partial charge in [0, 0.05) is 25.7 Å². The number of anilines is 1. The Morgan fingerprint density at radius 1 is 1.62 bits per heavy atom. The molecule has 1 unspecified atom stereocenters. The predicted molar refractivity (Wildman–Crippen MR) is 66.1 cm³/mol. The molecule has 0 amide bonds. The van der Waals surface area contributed by atoms with E-state index in [0.717, 1.165) is 37.7 Å². The van der Waals surface area contributed by atoms with Crippen molar-refractivity contribution in [3.63, 3.8) is 0 Å². The van der Waals surface area contributed by atoms with Crippen LogP contribution in [0.5, 0.6) is 0 Å². The summed E-state index contributed by atoms with van der Waals surface area (Å²) in [5, 5.41) is 4.12. The van der Waals surface area contributed by atoms with Gasteiger partial charge in [-0.1, -0.05) is 18.5 Å². The molecule has 0 radical (unpaired) electrons. The minimum atomic E-state index is 0.528. The summed E-state index contributed by atoms with van der Waals surface area (Å²) >= 11 is 6.13. The monoisotopic (exact) mass is 240 g/mol. The highest BCUT2D eigenvalue weighted by molar-refractivity contribution is 6.32. The summed E-state index contributed by atoms with van der Waals surface area (Å²) in [5.74, 6) is 1.64. The van der Waals surface area contributed by atoms with Gasteiger partial charge in [-0.3, -0.25) is 0 Å². The second-order valence-electron chi connectivity index (χ2n) is 4.09. The van der Waals surface area contributed by atoms with E-state index < -0.39 is 0 Å². The minimum absolute atomic E-state index is 0.528. The maximum atomic E-state index is 6.13. The van der Waals surface area contributed by atoms with Gasteiger partial charge in [0.1, 0.15) is 10.8 Å². The van der Waals surface area contributed by atoms with Gasteiger partial charge in [0.25, 0.3) is 0 Å². The van der Waals surface area contributed by atoms with Crippen LogP contribution >= 0.6 is 11.6 Å². The number of hydrogen-bond acceptors (Lipinski definition) is 4. The highest BCUT2D eigenvalue weighted by atomic mass is 35.5. The summed E-state index contributed by atoms with van der Waals surface area (Å²) < 4.78 is 0. The molecule has 1 fully saturated rings. The minimum Gasteiger partial charge on any atom is -0.352 e. The second kappa shape index (κ2) is 4.97. The molecule has 5 heteroatoms. The Kier molecular flexibility index (Phi) is 3.61. The molecule has 1 aliphatic rings.